The summed E-state index contributed by atoms with van der Waals surface area (Å²) in [6, 6.07) is 0. The summed E-state index contributed by atoms with van der Waals surface area (Å²) in [5.74, 6) is 0. The summed E-state index contributed by atoms with van der Waals surface area (Å²) in [5, 5.41) is 0. The summed E-state index contributed by atoms with van der Waals surface area (Å²) < 4.78 is 0. The first kappa shape index (κ1) is 16.7. The summed E-state index contributed by atoms with van der Waals surface area (Å²) in [5.41, 5.74) is 3.18. The predicted molar refractivity (Wildman–Crippen MR) is 79.3 cm³/mol. The molecule has 0 aromatic rings. The van der Waals surface area contributed by atoms with E-state index in [-0.39, 0.29) is 23.1 Å². The standard InChI is InChI=1S/2C8H12.Mg/c2*1-2-5-8-6-3-4-7-8;/h2*3-4,6H,2,5,7H2,1H3;. The van der Waals surface area contributed by atoms with Crippen LogP contribution in [0.4, 0.5) is 0 Å². The van der Waals surface area contributed by atoms with Gasteiger partial charge in [-0.05, 0) is 25.7 Å². The first-order valence-corrected chi connectivity index (χ1v) is 6.56. The Morgan fingerprint density at radius 3 is 1.47 bits per heavy atom. The van der Waals surface area contributed by atoms with Crippen molar-refractivity contribution >= 4 is 23.1 Å². The molecule has 2 rings (SSSR count). The molecule has 0 bridgehead atoms. The van der Waals surface area contributed by atoms with E-state index in [0.29, 0.717) is 0 Å². The topological polar surface area (TPSA) is 0 Å². The van der Waals surface area contributed by atoms with Crippen molar-refractivity contribution in [3.8, 4) is 0 Å². The van der Waals surface area contributed by atoms with Crippen LogP contribution in [0.3, 0.4) is 0 Å². The van der Waals surface area contributed by atoms with Gasteiger partial charge in [-0.15, -0.1) is 0 Å². The highest BCUT2D eigenvalue weighted by atomic mass is 24.3. The lowest BCUT2D eigenvalue weighted by molar-refractivity contribution is 0.887. The lowest BCUT2D eigenvalue weighted by Gasteiger charge is -1.93. The zero-order valence-electron chi connectivity index (χ0n) is 11.4. The molecule has 17 heavy (non-hydrogen) atoms. The third-order valence-corrected chi connectivity index (χ3v) is 2.84. The van der Waals surface area contributed by atoms with E-state index in [1.165, 1.54) is 38.5 Å². The molecule has 2 aliphatic carbocycles. The highest BCUT2D eigenvalue weighted by molar-refractivity contribution is 5.75. The fraction of sp³-hybridized carbons (Fsp3) is 0.500. The zero-order chi connectivity index (χ0) is 11.6. The van der Waals surface area contributed by atoms with E-state index in [2.05, 4.69) is 50.3 Å². The average molecular weight is 241 g/mol. The van der Waals surface area contributed by atoms with Crippen LogP contribution in [0.5, 0.6) is 0 Å². The molecule has 0 fully saturated rings. The quantitative estimate of drug-likeness (QED) is 0.609. The van der Waals surface area contributed by atoms with Crippen molar-refractivity contribution in [2.24, 2.45) is 0 Å². The van der Waals surface area contributed by atoms with E-state index in [1.54, 1.807) is 11.1 Å². The highest BCUT2D eigenvalue weighted by Gasteiger charge is 1.95. The molecular weight excluding hydrogens is 216 g/mol. The van der Waals surface area contributed by atoms with E-state index in [9.17, 15) is 0 Å². The van der Waals surface area contributed by atoms with Crippen LogP contribution in [0.2, 0.25) is 0 Å². The maximum atomic E-state index is 2.23. The lowest BCUT2D eigenvalue weighted by Crippen LogP contribution is -1.74. The predicted octanol–water partition coefficient (Wildman–Crippen LogP) is 4.96. The van der Waals surface area contributed by atoms with Crippen molar-refractivity contribution in [3.63, 3.8) is 0 Å². The van der Waals surface area contributed by atoms with Gasteiger partial charge in [0.1, 0.15) is 0 Å². The smallest absolute Gasteiger partial charge is 0 e. The van der Waals surface area contributed by atoms with E-state index < -0.39 is 0 Å². The second kappa shape index (κ2) is 10.9. The van der Waals surface area contributed by atoms with Crippen molar-refractivity contribution in [1.82, 2.24) is 0 Å². The van der Waals surface area contributed by atoms with Gasteiger partial charge >= 0.3 is 0 Å². The third kappa shape index (κ3) is 7.61. The van der Waals surface area contributed by atoms with Gasteiger partial charge in [0.25, 0.3) is 0 Å². The average Bonchev–Trinajstić information content (AvgIpc) is 2.92. The third-order valence-electron chi connectivity index (χ3n) is 2.84. The Balaban J connectivity index is 0.000000284. The van der Waals surface area contributed by atoms with Gasteiger partial charge in [0, 0.05) is 23.1 Å². The van der Waals surface area contributed by atoms with Crippen LogP contribution < -0.4 is 0 Å². The van der Waals surface area contributed by atoms with Crippen LogP contribution in [0, 0.1) is 0 Å². The number of allylic oxidation sites excluding steroid dienone is 8. The second-order valence-electron chi connectivity index (χ2n) is 4.41. The van der Waals surface area contributed by atoms with Gasteiger partial charge in [-0.3, -0.25) is 0 Å². The fourth-order valence-corrected chi connectivity index (χ4v) is 2.00. The Morgan fingerprint density at radius 1 is 0.824 bits per heavy atom. The van der Waals surface area contributed by atoms with Gasteiger partial charge in [-0.1, -0.05) is 74.3 Å². The first-order chi connectivity index (χ1) is 7.86. The van der Waals surface area contributed by atoms with Crippen LogP contribution in [0.25, 0.3) is 0 Å². The minimum atomic E-state index is 0. The zero-order valence-corrected chi connectivity index (χ0v) is 12.8. The molecule has 0 unspecified atom stereocenters. The Morgan fingerprint density at radius 2 is 1.24 bits per heavy atom. The number of rotatable bonds is 4. The van der Waals surface area contributed by atoms with Gasteiger partial charge in [0.05, 0.1) is 0 Å². The van der Waals surface area contributed by atoms with E-state index >= 15 is 0 Å². The van der Waals surface area contributed by atoms with Gasteiger partial charge < -0.3 is 0 Å². The van der Waals surface area contributed by atoms with Gasteiger partial charge in [0.15, 0.2) is 0 Å². The van der Waals surface area contributed by atoms with Crippen molar-refractivity contribution in [2.45, 2.75) is 52.4 Å². The number of hydrogen-bond acceptors (Lipinski definition) is 0. The molecule has 0 spiro atoms. The van der Waals surface area contributed by atoms with Crippen LogP contribution >= 0.6 is 0 Å². The SMILES string of the molecule is CCCC1=CC=CC1.CCCC1=CC=CC1.[Mg]. The maximum absolute atomic E-state index is 2.23. The van der Waals surface area contributed by atoms with Gasteiger partial charge in [0.2, 0.25) is 0 Å². The Kier molecular flexibility index (Phi) is 10.7. The van der Waals surface area contributed by atoms with Crippen LogP contribution in [0.1, 0.15) is 52.4 Å². The molecule has 90 valence electrons. The van der Waals surface area contributed by atoms with Crippen molar-refractivity contribution < 1.29 is 0 Å². The molecule has 0 heterocycles. The van der Waals surface area contributed by atoms with Crippen LogP contribution in [-0.4, -0.2) is 23.1 Å². The molecule has 0 aromatic carbocycles. The monoisotopic (exact) mass is 240 g/mol. The Hall–Kier alpha value is -0.274. The summed E-state index contributed by atoms with van der Waals surface area (Å²) >= 11 is 0. The maximum Gasteiger partial charge on any atom is 0 e. The lowest BCUT2D eigenvalue weighted by atomic mass is 10.1. The molecule has 0 amide bonds. The summed E-state index contributed by atoms with van der Waals surface area (Å²) in [4.78, 5) is 0. The fourth-order valence-electron chi connectivity index (χ4n) is 2.00. The molecule has 1 heteroatoms. The molecule has 2 aliphatic rings. The molecule has 0 N–H and O–H groups in total. The first-order valence-electron chi connectivity index (χ1n) is 6.56. The number of hydrogen-bond donors (Lipinski definition) is 0. The van der Waals surface area contributed by atoms with E-state index in [1.807, 2.05) is 0 Å². The highest BCUT2D eigenvalue weighted by Crippen LogP contribution is 2.15. The molecule has 0 aliphatic heterocycles. The molecule has 0 aromatic heterocycles. The molecule has 2 radical (unpaired) electrons. The van der Waals surface area contributed by atoms with Crippen molar-refractivity contribution in [1.29, 1.82) is 0 Å². The summed E-state index contributed by atoms with van der Waals surface area (Å²) in [6.07, 6.45) is 20.7. The Bertz CT molecular complexity index is 273. The van der Waals surface area contributed by atoms with Crippen molar-refractivity contribution in [3.05, 3.63) is 47.6 Å². The van der Waals surface area contributed by atoms with Crippen molar-refractivity contribution in [2.75, 3.05) is 0 Å². The molecule has 0 nitrogen and oxygen atoms in total. The molecule has 0 saturated carbocycles. The molecule has 0 atom stereocenters. The second-order valence-corrected chi connectivity index (χ2v) is 4.41. The molecular formula is C16H24Mg. The minimum absolute atomic E-state index is 0. The largest absolute Gasteiger partial charge is 0.0805 e. The summed E-state index contributed by atoms with van der Waals surface area (Å²) in [6.45, 7) is 4.44. The minimum Gasteiger partial charge on any atom is -0.0805 e. The van der Waals surface area contributed by atoms with E-state index in [4.69, 9.17) is 0 Å². The summed E-state index contributed by atoms with van der Waals surface area (Å²) in [7, 11) is 0. The van der Waals surface area contributed by atoms with Gasteiger partial charge in [-0.25, -0.2) is 0 Å². The van der Waals surface area contributed by atoms with Crippen LogP contribution in [0.15, 0.2) is 47.6 Å². The van der Waals surface area contributed by atoms with Gasteiger partial charge in [-0.2, -0.15) is 0 Å². The normalized spacial score (nSPS) is 15.9. The Labute approximate surface area is 123 Å². The molecule has 0 saturated heterocycles. The van der Waals surface area contributed by atoms with E-state index in [0.717, 1.165) is 0 Å². The van der Waals surface area contributed by atoms with Crippen LogP contribution in [-0.2, 0) is 0 Å².